The van der Waals surface area contributed by atoms with Crippen LogP contribution in [0, 0.1) is 11.3 Å². The number of aromatic nitrogens is 3. The molecule has 0 saturated heterocycles. The van der Waals surface area contributed by atoms with Gasteiger partial charge in [-0.25, -0.2) is 0 Å². The summed E-state index contributed by atoms with van der Waals surface area (Å²) in [6.45, 7) is 3.75. The van der Waals surface area contributed by atoms with Crippen molar-refractivity contribution in [3.8, 4) is 29.2 Å². The van der Waals surface area contributed by atoms with Crippen molar-refractivity contribution in [1.29, 1.82) is 5.26 Å². The highest BCUT2D eigenvalue weighted by atomic mass is 35.5. The average molecular weight is 407 g/mol. The summed E-state index contributed by atoms with van der Waals surface area (Å²) in [5.41, 5.74) is 2.17. The zero-order valence-corrected chi connectivity index (χ0v) is 16.3. The van der Waals surface area contributed by atoms with Crippen LogP contribution in [0.3, 0.4) is 0 Å². The van der Waals surface area contributed by atoms with E-state index in [0.29, 0.717) is 32.8 Å². The van der Waals surface area contributed by atoms with E-state index in [1.54, 1.807) is 47.2 Å². The number of carbonyl (C=O) groups is 1. The second-order valence-electron chi connectivity index (χ2n) is 6.60. The Labute approximate surface area is 171 Å². The van der Waals surface area contributed by atoms with Gasteiger partial charge in [0.05, 0.1) is 27.8 Å². The van der Waals surface area contributed by atoms with Crippen molar-refractivity contribution in [3.63, 3.8) is 0 Å². The SMILES string of the molecule is CC(C)Oc1c(C#N)cccc1-c1nc(-n2cc(Cl)c3cc(C=O)ccc32)no1. The van der Waals surface area contributed by atoms with Gasteiger partial charge in [0.1, 0.15) is 18.1 Å². The van der Waals surface area contributed by atoms with E-state index in [-0.39, 0.29) is 17.9 Å². The summed E-state index contributed by atoms with van der Waals surface area (Å²) >= 11 is 6.32. The maximum absolute atomic E-state index is 11.0. The molecule has 4 rings (SSSR count). The Morgan fingerprint density at radius 3 is 2.86 bits per heavy atom. The van der Waals surface area contributed by atoms with Crippen LogP contribution in [-0.4, -0.2) is 27.1 Å². The van der Waals surface area contributed by atoms with Crippen LogP contribution in [0.1, 0.15) is 29.8 Å². The van der Waals surface area contributed by atoms with E-state index >= 15 is 0 Å². The third kappa shape index (κ3) is 3.35. The van der Waals surface area contributed by atoms with Gasteiger partial charge in [0.15, 0.2) is 0 Å². The predicted octanol–water partition coefficient (Wildman–Crippen LogP) is 4.81. The molecule has 2 aromatic carbocycles. The molecule has 0 aliphatic carbocycles. The first-order chi connectivity index (χ1) is 14.0. The number of hydrogen-bond acceptors (Lipinski definition) is 6. The molecule has 0 N–H and O–H groups in total. The van der Waals surface area contributed by atoms with E-state index in [9.17, 15) is 10.1 Å². The zero-order valence-electron chi connectivity index (χ0n) is 15.6. The number of fused-ring (bicyclic) bond motifs is 1. The molecule has 29 heavy (non-hydrogen) atoms. The summed E-state index contributed by atoms with van der Waals surface area (Å²) in [4.78, 5) is 15.5. The Hall–Kier alpha value is -3.63. The van der Waals surface area contributed by atoms with Crippen molar-refractivity contribution in [1.82, 2.24) is 14.7 Å². The fraction of sp³-hybridized carbons (Fsp3) is 0.143. The van der Waals surface area contributed by atoms with Gasteiger partial charge in [0.25, 0.3) is 11.8 Å². The summed E-state index contributed by atoms with van der Waals surface area (Å²) < 4.78 is 13.0. The fourth-order valence-electron chi connectivity index (χ4n) is 3.03. The lowest BCUT2D eigenvalue weighted by molar-refractivity contribution is 0.112. The lowest BCUT2D eigenvalue weighted by atomic mass is 10.1. The first-order valence-corrected chi connectivity index (χ1v) is 9.19. The smallest absolute Gasteiger partial charge is 0.275 e. The Balaban J connectivity index is 1.82. The van der Waals surface area contributed by atoms with Crippen LogP contribution in [0.15, 0.2) is 47.1 Å². The minimum absolute atomic E-state index is 0.134. The monoisotopic (exact) mass is 406 g/mol. The van der Waals surface area contributed by atoms with Crippen LogP contribution in [0.2, 0.25) is 5.02 Å². The lowest BCUT2D eigenvalue weighted by Crippen LogP contribution is -2.08. The molecule has 0 atom stereocenters. The summed E-state index contributed by atoms with van der Waals surface area (Å²) in [5.74, 6) is 0.884. The number of carbonyl (C=O) groups excluding carboxylic acids is 1. The molecule has 0 fully saturated rings. The van der Waals surface area contributed by atoms with Crippen molar-refractivity contribution in [3.05, 3.63) is 58.7 Å². The van der Waals surface area contributed by atoms with Crippen LogP contribution in [0.25, 0.3) is 28.3 Å². The Bertz CT molecular complexity index is 1270. The maximum atomic E-state index is 11.0. The van der Waals surface area contributed by atoms with Crippen molar-refractivity contribution in [2.45, 2.75) is 20.0 Å². The lowest BCUT2D eigenvalue weighted by Gasteiger charge is -2.13. The largest absolute Gasteiger partial charge is 0.489 e. The minimum atomic E-state index is -0.134. The second-order valence-corrected chi connectivity index (χ2v) is 7.01. The molecular weight excluding hydrogens is 392 g/mol. The van der Waals surface area contributed by atoms with Crippen LogP contribution in [0.4, 0.5) is 0 Å². The molecule has 7 nitrogen and oxygen atoms in total. The molecule has 8 heteroatoms. The van der Waals surface area contributed by atoms with Crippen molar-refractivity contribution in [2.24, 2.45) is 0 Å². The first kappa shape index (κ1) is 18.7. The van der Waals surface area contributed by atoms with Crippen LogP contribution in [-0.2, 0) is 0 Å². The van der Waals surface area contributed by atoms with Gasteiger partial charge in [-0.3, -0.25) is 9.36 Å². The molecule has 2 heterocycles. The predicted molar refractivity (Wildman–Crippen MR) is 107 cm³/mol. The number of halogens is 1. The van der Waals surface area contributed by atoms with E-state index in [0.717, 1.165) is 11.8 Å². The molecule has 0 radical (unpaired) electrons. The maximum Gasteiger partial charge on any atom is 0.275 e. The van der Waals surface area contributed by atoms with Crippen molar-refractivity contribution >= 4 is 28.8 Å². The van der Waals surface area contributed by atoms with Crippen molar-refractivity contribution < 1.29 is 14.1 Å². The molecular formula is C21H15ClN4O3. The van der Waals surface area contributed by atoms with Gasteiger partial charge in [-0.05, 0) is 49.3 Å². The first-order valence-electron chi connectivity index (χ1n) is 8.82. The highest BCUT2D eigenvalue weighted by Crippen LogP contribution is 2.34. The van der Waals surface area contributed by atoms with Gasteiger partial charge in [0, 0.05) is 17.1 Å². The van der Waals surface area contributed by atoms with Crippen LogP contribution in [0.5, 0.6) is 5.75 Å². The summed E-state index contributed by atoms with van der Waals surface area (Å²) in [5, 5.41) is 14.6. The molecule has 0 aliphatic rings. The normalized spacial score (nSPS) is 11.0. The molecule has 0 bridgehead atoms. The molecule has 0 spiro atoms. The van der Waals surface area contributed by atoms with E-state index in [4.69, 9.17) is 20.9 Å². The quantitative estimate of drug-likeness (QED) is 0.441. The van der Waals surface area contributed by atoms with Crippen molar-refractivity contribution in [2.75, 3.05) is 0 Å². The molecule has 4 aromatic rings. The van der Waals surface area contributed by atoms with Gasteiger partial charge in [-0.15, -0.1) is 0 Å². The Kier molecular flexibility index (Phi) is 4.79. The third-order valence-corrected chi connectivity index (χ3v) is 4.57. The Morgan fingerprint density at radius 2 is 2.14 bits per heavy atom. The number of hydrogen-bond donors (Lipinski definition) is 0. The van der Waals surface area contributed by atoms with Gasteiger partial charge < -0.3 is 9.26 Å². The van der Waals surface area contributed by atoms with Gasteiger partial charge >= 0.3 is 0 Å². The molecule has 0 aliphatic heterocycles. The molecule has 0 amide bonds. The van der Waals surface area contributed by atoms with Gasteiger partial charge in [0.2, 0.25) is 0 Å². The number of aldehydes is 1. The van der Waals surface area contributed by atoms with E-state index < -0.39 is 0 Å². The Morgan fingerprint density at radius 1 is 1.31 bits per heavy atom. The van der Waals surface area contributed by atoms with E-state index in [1.165, 1.54) is 0 Å². The zero-order chi connectivity index (χ0) is 20.5. The minimum Gasteiger partial charge on any atom is -0.489 e. The summed E-state index contributed by atoms with van der Waals surface area (Å²) in [7, 11) is 0. The van der Waals surface area contributed by atoms with Crippen LogP contribution >= 0.6 is 11.6 Å². The number of nitrogens with zero attached hydrogens (tertiary/aromatic N) is 4. The molecule has 0 unspecified atom stereocenters. The fourth-order valence-corrected chi connectivity index (χ4v) is 3.27. The second kappa shape index (κ2) is 7.41. The summed E-state index contributed by atoms with van der Waals surface area (Å²) in [6.07, 6.45) is 2.29. The summed E-state index contributed by atoms with van der Waals surface area (Å²) in [6, 6.07) is 12.4. The highest BCUT2D eigenvalue weighted by molar-refractivity contribution is 6.35. The average Bonchev–Trinajstić information content (AvgIpc) is 3.32. The molecule has 144 valence electrons. The number of benzene rings is 2. The molecule has 0 saturated carbocycles. The van der Waals surface area contributed by atoms with E-state index in [2.05, 4.69) is 16.2 Å². The highest BCUT2D eigenvalue weighted by Gasteiger charge is 2.20. The number of nitriles is 1. The van der Waals surface area contributed by atoms with Gasteiger partial charge in [-0.1, -0.05) is 17.7 Å². The number of para-hydroxylation sites is 1. The van der Waals surface area contributed by atoms with Gasteiger partial charge in [-0.2, -0.15) is 10.2 Å². The standard InChI is InChI=1S/C21H15ClN4O3/c1-12(2)28-19-14(9-23)4-3-5-15(19)20-24-21(25-29-20)26-10-17(22)16-8-13(11-27)6-7-18(16)26/h3-8,10-12H,1-2H3. The van der Waals surface area contributed by atoms with Crippen LogP contribution < -0.4 is 4.74 Å². The number of ether oxygens (including phenoxy) is 1. The topological polar surface area (TPSA) is 93.9 Å². The molecule has 2 aromatic heterocycles. The number of rotatable bonds is 5. The van der Waals surface area contributed by atoms with E-state index in [1.807, 2.05) is 13.8 Å². The third-order valence-electron chi connectivity index (χ3n) is 4.27.